The SMILES string of the molecule is C[C@H]1C(=O)C[C@@H](c2ccco2)N2C(=O)[C@H]3[C@@H](C(=O)O)[C@H]4C=C[C@@]3(O4)[C@@H]12. The van der Waals surface area contributed by atoms with Gasteiger partial charge in [0.25, 0.3) is 0 Å². The van der Waals surface area contributed by atoms with E-state index in [0.29, 0.717) is 5.76 Å². The van der Waals surface area contributed by atoms with Crippen LogP contribution in [0.2, 0.25) is 0 Å². The molecule has 0 radical (unpaired) electrons. The quantitative estimate of drug-likeness (QED) is 0.810. The maximum absolute atomic E-state index is 13.3. The first-order chi connectivity index (χ1) is 12.0. The van der Waals surface area contributed by atoms with E-state index in [1.54, 1.807) is 36.1 Å². The Balaban J connectivity index is 1.67. The van der Waals surface area contributed by atoms with Gasteiger partial charge in [0.05, 0.1) is 30.4 Å². The minimum atomic E-state index is -1.04. The Morgan fingerprint density at radius 1 is 1.40 bits per heavy atom. The van der Waals surface area contributed by atoms with Crippen LogP contribution in [0.4, 0.5) is 0 Å². The standard InChI is InChI=1S/C18H17NO6/c1-8-10(20)7-9(11-3-2-6-24-11)19-15(8)18-5-4-12(25-18)13(17(22)23)14(18)16(19)21/h2-6,8-9,12-15H,7H2,1H3,(H,22,23)/t8-,9-,12+,13-,14+,15+,18-/m0/s1. The van der Waals surface area contributed by atoms with Gasteiger partial charge in [-0.05, 0) is 12.1 Å². The van der Waals surface area contributed by atoms with Gasteiger partial charge in [0.2, 0.25) is 5.91 Å². The predicted octanol–water partition coefficient (Wildman–Crippen LogP) is 1.16. The van der Waals surface area contributed by atoms with Crippen LogP contribution in [0, 0.1) is 17.8 Å². The van der Waals surface area contributed by atoms with Crippen LogP contribution < -0.4 is 0 Å². The Bertz CT molecular complexity index is 814. The summed E-state index contributed by atoms with van der Waals surface area (Å²) in [5.74, 6) is -2.85. The van der Waals surface area contributed by atoms with Gasteiger partial charge in [0, 0.05) is 12.3 Å². The van der Waals surface area contributed by atoms with Crippen LogP contribution in [-0.4, -0.2) is 45.4 Å². The molecule has 5 rings (SSSR count). The highest BCUT2D eigenvalue weighted by molar-refractivity contribution is 5.95. The van der Waals surface area contributed by atoms with E-state index in [4.69, 9.17) is 9.15 Å². The molecule has 7 nitrogen and oxygen atoms in total. The Kier molecular flexibility index (Phi) is 2.74. The normalized spacial score (nSPS) is 44.3. The van der Waals surface area contributed by atoms with Gasteiger partial charge in [-0.1, -0.05) is 19.1 Å². The molecule has 5 heterocycles. The topological polar surface area (TPSA) is 97.1 Å². The van der Waals surface area contributed by atoms with Crippen molar-refractivity contribution in [2.75, 3.05) is 0 Å². The van der Waals surface area contributed by atoms with Gasteiger partial charge in [0.15, 0.2) is 0 Å². The van der Waals surface area contributed by atoms with Crippen LogP contribution in [0.5, 0.6) is 0 Å². The Hall–Kier alpha value is -2.41. The molecule has 0 aromatic carbocycles. The first-order valence-corrected chi connectivity index (χ1v) is 8.44. The fourth-order valence-electron chi connectivity index (χ4n) is 5.25. The van der Waals surface area contributed by atoms with Gasteiger partial charge in [-0.3, -0.25) is 14.4 Å². The lowest BCUT2D eigenvalue weighted by Gasteiger charge is -2.43. The number of hydrogen-bond donors (Lipinski definition) is 1. The fourth-order valence-corrected chi connectivity index (χ4v) is 5.25. The van der Waals surface area contributed by atoms with Crippen molar-refractivity contribution >= 4 is 17.7 Å². The average molecular weight is 343 g/mol. The molecule has 4 aliphatic rings. The zero-order valence-electron chi connectivity index (χ0n) is 13.5. The molecule has 7 heteroatoms. The van der Waals surface area contributed by atoms with Gasteiger partial charge in [-0.25, -0.2) is 0 Å². The number of carbonyl (C=O) groups excluding carboxylic acids is 2. The van der Waals surface area contributed by atoms with Crippen molar-refractivity contribution < 1.29 is 28.6 Å². The molecule has 3 saturated heterocycles. The smallest absolute Gasteiger partial charge is 0.310 e. The molecule has 1 N–H and O–H groups in total. The molecule has 7 atom stereocenters. The van der Waals surface area contributed by atoms with Crippen LogP contribution in [0.1, 0.15) is 25.1 Å². The molecular weight excluding hydrogens is 326 g/mol. The third-order valence-corrected chi connectivity index (χ3v) is 6.24. The van der Waals surface area contributed by atoms with Gasteiger partial charge in [0.1, 0.15) is 23.1 Å². The van der Waals surface area contributed by atoms with E-state index in [-0.39, 0.29) is 18.1 Å². The van der Waals surface area contributed by atoms with E-state index in [0.717, 1.165) is 0 Å². The number of hydrogen-bond acceptors (Lipinski definition) is 5. The van der Waals surface area contributed by atoms with Gasteiger partial charge in [-0.2, -0.15) is 0 Å². The molecule has 2 bridgehead atoms. The molecule has 25 heavy (non-hydrogen) atoms. The number of piperidine rings is 1. The molecule has 4 aliphatic heterocycles. The van der Waals surface area contributed by atoms with Crippen LogP contribution in [0.25, 0.3) is 0 Å². The zero-order chi connectivity index (χ0) is 17.5. The summed E-state index contributed by atoms with van der Waals surface area (Å²) in [5.41, 5.74) is -1.04. The lowest BCUT2D eigenvalue weighted by Crippen LogP contribution is -2.55. The van der Waals surface area contributed by atoms with Crippen molar-refractivity contribution in [1.82, 2.24) is 4.90 Å². The number of nitrogens with zero attached hydrogens (tertiary/aromatic N) is 1. The van der Waals surface area contributed by atoms with Crippen LogP contribution in [0.15, 0.2) is 35.0 Å². The number of carbonyl (C=O) groups is 3. The first kappa shape index (κ1) is 14.9. The summed E-state index contributed by atoms with van der Waals surface area (Å²) in [4.78, 5) is 39.3. The van der Waals surface area contributed by atoms with Crippen molar-refractivity contribution in [1.29, 1.82) is 0 Å². The molecule has 1 amide bonds. The molecule has 1 spiro atoms. The highest BCUT2D eigenvalue weighted by atomic mass is 16.5. The van der Waals surface area contributed by atoms with Gasteiger partial charge >= 0.3 is 5.97 Å². The molecule has 0 unspecified atom stereocenters. The molecule has 0 aliphatic carbocycles. The third-order valence-electron chi connectivity index (χ3n) is 6.24. The van der Waals surface area contributed by atoms with Crippen molar-refractivity contribution in [3.8, 4) is 0 Å². The molecule has 0 saturated carbocycles. The second kappa shape index (κ2) is 4.60. The van der Waals surface area contributed by atoms with Crippen molar-refractivity contribution in [2.45, 2.75) is 37.1 Å². The minimum Gasteiger partial charge on any atom is -0.481 e. The Morgan fingerprint density at radius 2 is 2.20 bits per heavy atom. The van der Waals surface area contributed by atoms with Crippen molar-refractivity contribution in [2.24, 2.45) is 17.8 Å². The summed E-state index contributed by atoms with van der Waals surface area (Å²) >= 11 is 0. The summed E-state index contributed by atoms with van der Waals surface area (Å²) in [7, 11) is 0. The second-order valence-electron chi connectivity index (χ2n) is 7.32. The van der Waals surface area contributed by atoms with Gasteiger partial charge in [-0.15, -0.1) is 0 Å². The number of ether oxygens (including phenoxy) is 1. The van der Waals surface area contributed by atoms with E-state index >= 15 is 0 Å². The third kappa shape index (κ3) is 1.62. The zero-order valence-corrected chi connectivity index (χ0v) is 13.5. The molecule has 130 valence electrons. The van der Waals surface area contributed by atoms with Gasteiger partial charge < -0.3 is 19.2 Å². The summed E-state index contributed by atoms with van der Waals surface area (Å²) in [6.45, 7) is 1.79. The number of furan rings is 1. The predicted molar refractivity (Wildman–Crippen MR) is 82.2 cm³/mol. The van der Waals surface area contributed by atoms with E-state index in [1.807, 2.05) is 0 Å². The number of fused-ring (bicyclic) bond motifs is 2. The molecule has 1 aromatic heterocycles. The highest BCUT2D eigenvalue weighted by Gasteiger charge is 2.74. The van der Waals surface area contributed by atoms with E-state index in [2.05, 4.69) is 0 Å². The number of rotatable bonds is 2. The van der Waals surface area contributed by atoms with Crippen LogP contribution in [-0.2, 0) is 19.1 Å². The maximum Gasteiger partial charge on any atom is 0.310 e. The number of aliphatic carboxylic acids is 1. The van der Waals surface area contributed by atoms with Crippen molar-refractivity contribution in [3.63, 3.8) is 0 Å². The molecule has 3 fully saturated rings. The number of Topliss-reactive ketones (excluding diaryl/α,β-unsaturated/α-hetero) is 1. The number of amides is 1. The summed E-state index contributed by atoms with van der Waals surface area (Å²) in [5, 5.41) is 9.63. The maximum atomic E-state index is 13.3. The minimum absolute atomic E-state index is 0.0321. The number of carboxylic acids is 1. The highest BCUT2D eigenvalue weighted by Crippen LogP contribution is 2.59. The monoisotopic (exact) mass is 343 g/mol. The van der Waals surface area contributed by atoms with E-state index < -0.39 is 47.5 Å². The van der Waals surface area contributed by atoms with E-state index in [1.165, 1.54) is 6.26 Å². The summed E-state index contributed by atoms with van der Waals surface area (Å²) < 4.78 is 11.5. The fraction of sp³-hybridized carbons (Fsp3) is 0.500. The number of carboxylic acid groups (broad SMARTS) is 1. The lowest BCUT2D eigenvalue weighted by atomic mass is 9.71. The van der Waals surface area contributed by atoms with Crippen molar-refractivity contribution in [3.05, 3.63) is 36.3 Å². The molecular formula is C18H17NO6. The molecule has 1 aromatic rings. The largest absolute Gasteiger partial charge is 0.481 e. The Labute approximate surface area is 143 Å². The van der Waals surface area contributed by atoms with Crippen LogP contribution in [0.3, 0.4) is 0 Å². The van der Waals surface area contributed by atoms with Crippen LogP contribution >= 0.6 is 0 Å². The summed E-state index contributed by atoms with van der Waals surface area (Å²) in [6, 6.07) is 2.44. The lowest BCUT2D eigenvalue weighted by molar-refractivity contribution is -0.152. The van der Waals surface area contributed by atoms with E-state index in [9.17, 15) is 19.5 Å². The Morgan fingerprint density at radius 3 is 2.88 bits per heavy atom. The second-order valence-corrected chi connectivity index (χ2v) is 7.32. The first-order valence-electron chi connectivity index (χ1n) is 8.44. The summed E-state index contributed by atoms with van der Waals surface area (Å²) in [6.07, 6.45) is 4.59. The average Bonchev–Trinajstić information content (AvgIpc) is 3.32. The number of ketones is 1.